The first-order valence-corrected chi connectivity index (χ1v) is 10.0. The van der Waals surface area contributed by atoms with Gasteiger partial charge < -0.3 is 12.5 Å². The van der Waals surface area contributed by atoms with Crippen molar-refractivity contribution in [2.24, 2.45) is 0 Å². The summed E-state index contributed by atoms with van der Waals surface area (Å²) >= 11 is 1.79. The number of benzene rings is 2. The third-order valence-electron chi connectivity index (χ3n) is 4.09. The fourth-order valence-corrected chi connectivity index (χ4v) is 2.86. The Kier molecular flexibility index (Phi) is 8.76. The zero-order valence-corrected chi connectivity index (χ0v) is 18.2. The second kappa shape index (κ2) is 11.0. The molecule has 1 atom stereocenters. The SMILES string of the molecule is C=C(C)C(=O)OC(CCCCC)Oc1ccc(-c2ccc(OI)cc2)c(F)c1. The van der Waals surface area contributed by atoms with Crippen molar-refractivity contribution in [1.82, 2.24) is 0 Å². The number of hydrogen-bond donors (Lipinski definition) is 0. The minimum atomic E-state index is -0.777. The number of carbonyl (C=O) groups is 1. The van der Waals surface area contributed by atoms with Crippen LogP contribution in [0.3, 0.4) is 0 Å². The molecule has 4 nitrogen and oxygen atoms in total. The van der Waals surface area contributed by atoms with Crippen LogP contribution in [0.25, 0.3) is 11.1 Å². The summed E-state index contributed by atoms with van der Waals surface area (Å²) in [4.78, 5) is 11.8. The molecule has 2 rings (SSSR count). The van der Waals surface area contributed by atoms with Crippen LogP contribution < -0.4 is 7.80 Å². The van der Waals surface area contributed by atoms with Crippen molar-refractivity contribution in [2.75, 3.05) is 0 Å². The minimum absolute atomic E-state index is 0.296. The topological polar surface area (TPSA) is 44.8 Å². The Hall–Kier alpha value is -2.09. The maximum Gasteiger partial charge on any atom is 0.336 e. The van der Waals surface area contributed by atoms with Crippen molar-refractivity contribution in [3.63, 3.8) is 0 Å². The zero-order chi connectivity index (χ0) is 20.5. The van der Waals surface area contributed by atoms with Gasteiger partial charge in [0, 0.05) is 23.6 Å². The fraction of sp³-hybridized carbons (Fsp3) is 0.318. The molecule has 0 aliphatic rings. The van der Waals surface area contributed by atoms with E-state index in [9.17, 15) is 9.18 Å². The lowest BCUT2D eigenvalue weighted by Crippen LogP contribution is -2.24. The van der Waals surface area contributed by atoms with Gasteiger partial charge >= 0.3 is 5.97 Å². The van der Waals surface area contributed by atoms with Gasteiger partial charge in [-0.1, -0.05) is 38.5 Å². The molecule has 0 heterocycles. The third-order valence-corrected chi connectivity index (χ3v) is 4.60. The molecule has 0 saturated carbocycles. The number of ether oxygens (including phenoxy) is 2. The second-order valence-electron chi connectivity index (χ2n) is 6.47. The zero-order valence-electron chi connectivity index (χ0n) is 16.0. The minimum Gasteiger partial charge on any atom is -0.455 e. The Bertz CT molecular complexity index is 805. The molecule has 28 heavy (non-hydrogen) atoms. The molecule has 1 unspecified atom stereocenters. The van der Waals surface area contributed by atoms with Crippen LogP contribution in [0.2, 0.25) is 0 Å². The molecule has 0 saturated heterocycles. The van der Waals surface area contributed by atoms with Gasteiger partial charge in [-0.2, -0.15) is 0 Å². The summed E-state index contributed by atoms with van der Waals surface area (Å²) in [6, 6.07) is 11.7. The average Bonchev–Trinajstić information content (AvgIpc) is 2.68. The monoisotopic (exact) mass is 498 g/mol. The summed E-state index contributed by atoms with van der Waals surface area (Å²) in [6.07, 6.45) is 2.63. The summed E-state index contributed by atoms with van der Waals surface area (Å²) in [7, 11) is 0. The first kappa shape index (κ1) is 22.2. The van der Waals surface area contributed by atoms with Crippen molar-refractivity contribution in [3.8, 4) is 22.6 Å². The molecule has 2 aromatic carbocycles. The first-order chi connectivity index (χ1) is 13.4. The van der Waals surface area contributed by atoms with E-state index < -0.39 is 18.1 Å². The predicted octanol–water partition coefficient (Wildman–Crippen LogP) is 6.63. The Morgan fingerprint density at radius 3 is 2.39 bits per heavy atom. The standard InChI is InChI=1S/C22H24FIO4/c1-4-5-6-7-21(27-22(25)15(2)3)26-18-12-13-19(20(23)14-18)16-8-10-17(28-24)11-9-16/h8-14,21H,2,4-7H2,1,3H3. The van der Waals surface area contributed by atoms with E-state index in [0.29, 0.717) is 29.1 Å². The van der Waals surface area contributed by atoms with Crippen LogP contribution in [0.5, 0.6) is 11.5 Å². The highest BCUT2D eigenvalue weighted by Gasteiger charge is 2.17. The van der Waals surface area contributed by atoms with Crippen molar-refractivity contribution < 1.29 is 21.7 Å². The Labute approximate surface area is 179 Å². The predicted molar refractivity (Wildman–Crippen MR) is 116 cm³/mol. The molecule has 0 aliphatic carbocycles. The molecule has 150 valence electrons. The largest absolute Gasteiger partial charge is 0.455 e. The van der Waals surface area contributed by atoms with E-state index in [0.717, 1.165) is 24.8 Å². The summed E-state index contributed by atoms with van der Waals surface area (Å²) < 4.78 is 30.8. The third kappa shape index (κ3) is 6.51. The molecule has 0 aliphatic heterocycles. The van der Waals surface area contributed by atoms with Crippen LogP contribution in [0.1, 0.15) is 39.5 Å². The maximum absolute atomic E-state index is 14.6. The number of unbranched alkanes of at least 4 members (excludes halogenated alkanes) is 2. The maximum atomic E-state index is 14.6. The Morgan fingerprint density at radius 1 is 1.14 bits per heavy atom. The van der Waals surface area contributed by atoms with E-state index in [2.05, 4.69) is 13.5 Å². The number of halogens is 2. The molecular formula is C22H24FIO4. The average molecular weight is 498 g/mol. The van der Waals surface area contributed by atoms with Crippen molar-refractivity contribution in [2.45, 2.75) is 45.8 Å². The number of carbonyl (C=O) groups excluding carboxylic acids is 1. The molecule has 0 amide bonds. The normalized spacial score (nSPS) is 11.6. The lowest BCUT2D eigenvalue weighted by Gasteiger charge is -2.20. The molecule has 6 heteroatoms. The summed E-state index contributed by atoms with van der Waals surface area (Å²) in [5.74, 6) is 0.0683. The van der Waals surface area contributed by atoms with E-state index in [1.807, 2.05) is 0 Å². The molecule has 0 fully saturated rings. The number of rotatable bonds is 10. The van der Waals surface area contributed by atoms with Gasteiger partial charge in [0.2, 0.25) is 6.29 Å². The van der Waals surface area contributed by atoms with Crippen molar-refractivity contribution in [1.29, 1.82) is 0 Å². The first-order valence-electron chi connectivity index (χ1n) is 9.16. The van der Waals surface area contributed by atoms with Crippen molar-refractivity contribution >= 4 is 29.0 Å². The second-order valence-corrected chi connectivity index (χ2v) is 6.91. The molecule has 0 bridgehead atoms. The lowest BCUT2D eigenvalue weighted by molar-refractivity contribution is -0.159. The highest BCUT2D eigenvalue weighted by molar-refractivity contribution is 14.1. The highest BCUT2D eigenvalue weighted by Crippen LogP contribution is 2.29. The summed E-state index contributed by atoms with van der Waals surface area (Å²) in [6.45, 7) is 7.25. The van der Waals surface area contributed by atoms with Crippen LogP contribution >= 0.6 is 23.0 Å². The smallest absolute Gasteiger partial charge is 0.336 e. The molecule has 0 spiro atoms. The van der Waals surface area contributed by atoms with Crippen molar-refractivity contribution in [3.05, 3.63) is 60.4 Å². The molecule has 0 aromatic heterocycles. The van der Waals surface area contributed by atoms with Gasteiger partial charge in [-0.25, -0.2) is 9.18 Å². The highest BCUT2D eigenvalue weighted by atomic mass is 127. The van der Waals surface area contributed by atoms with E-state index >= 15 is 0 Å². The van der Waals surface area contributed by atoms with E-state index in [1.54, 1.807) is 66.3 Å². The van der Waals surface area contributed by atoms with Gasteiger partial charge in [0.25, 0.3) is 0 Å². The fourth-order valence-electron chi connectivity index (χ4n) is 2.56. The summed E-state index contributed by atoms with van der Waals surface area (Å²) in [5, 5.41) is 0. The van der Waals surface area contributed by atoms with Gasteiger partial charge in [-0.3, -0.25) is 0 Å². The van der Waals surface area contributed by atoms with Gasteiger partial charge in [0.05, 0.1) is 0 Å². The summed E-state index contributed by atoms with van der Waals surface area (Å²) in [5.41, 5.74) is 1.48. The van der Waals surface area contributed by atoms with Crippen LogP contribution in [0.15, 0.2) is 54.6 Å². The van der Waals surface area contributed by atoms with Crippen LogP contribution in [-0.2, 0) is 9.53 Å². The van der Waals surface area contributed by atoms with Gasteiger partial charge in [-0.15, -0.1) is 0 Å². The number of esters is 1. The quantitative estimate of drug-likeness (QED) is 0.121. The van der Waals surface area contributed by atoms with E-state index in [4.69, 9.17) is 12.5 Å². The van der Waals surface area contributed by atoms with Crippen LogP contribution in [-0.4, -0.2) is 12.3 Å². The Balaban J connectivity index is 2.14. The molecule has 2 aromatic rings. The Morgan fingerprint density at radius 2 is 1.82 bits per heavy atom. The van der Waals surface area contributed by atoms with Crippen LogP contribution in [0.4, 0.5) is 4.39 Å². The lowest BCUT2D eigenvalue weighted by atomic mass is 10.0. The van der Waals surface area contributed by atoms with Gasteiger partial charge in [0.1, 0.15) is 17.3 Å². The molecule has 0 radical (unpaired) electrons. The van der Waals surface area contributed by atoms with Gasteiger partial charge in [-0.05, 0) is 43.2 Å². The molecular weight excluding hydrogens is 474 g/mol. The van der Waals surface area contributed by atoms with Gasteiger partial charge in [0.15, 0.2) is 23.0 Å². The van der Waals surface area contributed by atoms with Crippen LogP contribution in [0, 0.1) is 5.82 Å². The molecule has 0 N–H and O–H groups in total. The number of hydrogen-bond acceptors (Lipinski definition) is 4. The van der Waals surface area contributed by atoms with E-state index in [1.165, 1.54) is 6.07 Å². The van der Waals surface area contributed by atoms with E-state index in [-0.39, 0.29) is 0 Å².